The summed E-state index contributed by atoms with van der Waals surface area (Å²) in [4.78, 5) is 0. The summed E-state index contributed by atoms with van der Waals surface area (Å²) in [7, 11) is 0. The van der Waals surface area contributed by atoms with Gasteiger partial charge in [-0.05, 0) is 51.5 Å². The molecule has 2 aromatic carbocycles. The van der Waals surface area contributed by atoms with E-state index in [1.165, 1.54) is 6.07 Å². The Hall–Kier alpha value is -1.35. The van der Waals surface area contributed by atoms with Crippen LogP contribution in [0.5, 0.6) is 5.75 Å². The Kier molecular flexibility index (Phi) is 4.72. The minimum atomic E-state index is -0.267. The average molecular weight is 351 g/mol. The van der Waals surface area contributed by atoms with Crippen molar-refractivity contribution in [1.82, 2.24) is 0 Å². The zero-order valence-electron chi connectivity index (χ0n) is 12.8. The molecular weight excluding hydrogens is 331 g/mol. The topological polar surface area (TPSA) is 9.23 Å². The van der Waals surface area contributed by atoms with Gasteiger partial charge in [0.15, 0.2) is 0 Å². The van der Waals surface area contributed by atoms with Crippen LogP contribution in [0.2, 0.25) is 0 Å². The van der Waals surface area contributed by atoms with Gasteiger partial charge in [-0.1, -0.05) is 45.0 Å². The van der Waals surface area contributed by atoms with E-state index in [1.54, 1.807) is 6.07 Å². The van der Waals surface area contributed by atoms with E-state index >= 15 is 0 Å². The Bertz CT molecular complexity index is 644. The molecule has 2 rings (SSSR count). The van der Waals surface area contributed by atoms with E-state index < -0.39 is 0 Å². The van der Waals surface area contributed by atoms with Crippen LogP contribution in [0.25, 0.3) is 0 Å². The summed E-state index contributed by atoms with van der Waals surface area (Å²) < 4.78 is 20.0. The van der Waals surface area contributed by atoms with Crippen LogP contribution in [-0.4, -0.2) is 0 Å². The van der Waals surface area contributed by atoms with Crippen LogP contribution in [0.15, 0.2) is 40.9 Å². The molecule has 2 aromatic rings. The summed E-state index contributed by atoms with van der Waals surface area (Å²) in [5.74, 6) is 0.593. The van der Waals surface area contributed by atoms with Crippen LogP contribution >= 0.6 is 15.9 Å². The van der Waals surface area contributed by atoms with Gasteiger partial charge in [-0.2, -0.15) is 0 Å². The number of rotatable bonds is 3. The van der Waals surface area contributed by atoms with E-state index in [1.807, 2.05) is 19.1 Å². The number of halogens is 2. The molecule has 0 atom stereocenters. The summed E-state index contributed by atoms with van der Waals surface area (Å²) in [5.41, 5.74) is 3.11. The van der Waals surface area contributed by atoms with Crippen LogP contribution in [0.4, 0.5) is 4.39 Å². The number of benzene rings is 2. The fourth-order valence-electron chi connectivity index (χ4n) is 2.18. The van der Waals surface area contributed by atoms with E-state index in [0.29, 0.717) is 11.1 Å². The number of hydrogen-bond donors (Lipinski definition) is 0. The van der Waals surface area contributed by atoms with Crippen molar-refractivity contribution >= 4 is 15.9 Å². The Labute approximate surface area is 134 Å². The third kappa shape index (κ3) is 3.85. The molecule has 0 unspecified atom stereocenters. The Morgan fingerprint density at radius 1 is 1.14 bits per heavy atom. The zero-order valence-corrected chi connectivity index (χ0v) is 14.4. The molecule has 1 nitrogen and oxygen atoms in total. The van der Waals surface area contributed by atoms with Gasteiger partial charge in [0.05, 0.1) is 4.47 Å². The van der Waals surface area contributed by atoms with Crippen LogP contribution in [-0.2, 0) is 12.0 Å². The van der Waals surface area contributed by atoms with Gasteiger partial charge in [0, 0.05) is 5.56 Å². The van der Waals surface area contributed by atoms with Gasteiger partial charge in [-0.15, -0.1) is 0 Å². The minimum absolute atomic E-state index is 0.00219. The summed E-state index contributed by atoms with van der Waals surface area (Å²) in [5, 5.41) is 0. The molecule has 112 valence electrons. The predicted molar refractivity (Wildman–Crippen MR) is 88.3 cm³/mol. The third-order valence-electron chi connectivity index (χ3n) is 3.36. The van der Waals surface area contributed by atoms with E-state index in [9.17, 15) is 4.39 Å². The van der Waals surface area contributed by atoms with E-state index in [-0.39, 0.29) is 11.2 Å². The lowest BCUT2D eigenvalue weighted by Gasteiger charge is -2.23. The molecule has 0 fully saturated rings. The highest BCUT2D eigenvalue weighted by Gasteiger charge is 2.19. The van der Waals surface area contributed by atoms with Crippen molar-refractivity contribution in [3.8, 4) is 5.75 Å². The van der Waals surface area contributed by atoms with Crippen LogP contribution in [0.1, 0.15) is 37.5 Å². The van der Waals surface area contributed by atoms with Gasteiger partial charge in [0.25, 0.3) is 0 Å². The Balaban J connectivity index is 2.28. The molecule has 0 spiro atoms. The molecule has 0 amide bonds. The van der Waals surface area contributed by atoms with Crippen molar-refractivity contribution in [2.75, 3.05) is 0 Å². The summed E-state index contributed by atoms with van der Waals surface area (Å²) >= 11 is 3.27. The molecule has 3 heteroatoms. The summed E-state index contributed by atoms with van der Waals surface area (Å²) in [6.07, 6.45) is 0. The standard InChI is InChI=1S/C18H20BrFO/c1-12-8-9-14(18(2,3)4)16(10-12)21-11-13-6-5-7-15(20)17(13)19/h5-10H,11H2,1-4H3. The van der Waals surface area contributed by atoms with E-state index in [4.69, 9.17) is 4.74 Å². The smallest absolute Gasteiger partial charge is 0.137 e. The van der Waals surface area contributed by atoms with Crippen molar-refractivity contribution in [3.05, 3.63) is 63.4 Å². The molecule has 0 aliphatic carbocycles. The van der Waals surface area contributed by atoms with Gasteiger partial charge in [-0.25, -0.2) is 4.39 Å². The number of hydrogen-bond acceptors (Lipinski definition) is 1. The number of ether oxygens (including phenoxy) is 1. The maximum Gasteiger partial charge on any atom is 0.137 e. The summed E-state index contributed by atoms with van der Waals surface area (Å²) in [6.45, 7) is 8.84. The normalized spacial score (nSPS) is 11.5. The third-order valence-corrected chi connectivity index (χ3v) is 4.25. The van der Waals surface area contributed by atoms with Gasteiger partial charge in [-0.3, -0.25) is 0 Å². The molecule has 0 aliphatic rings. The first-order valence-electron chi connectivity index (χ1n) is 6.96. The maximum absolute atomic E-state index is 13.5. The first-order valence-corrected chi connectivity index (χ1v) is 7.75. The molecule has 0 saturated carbocycles. The fraction of sp³-hybridized carbons (Fsp3) is 0.333. The second kappa shape index (κ2) is 6.18. The average Bonchev–Trinajstić information content (AvgIpc) is 2.39. The second-order valence-electron chi connectivity index (χ2n) is 6.25. The maximum atomic E-state index is 13.5. The van der Waals surface area contributed by atoms with Gasteiger partial charge < -0.3 is 4.74 Å². The first-order chi connectivity index (χ1) is 9.79. The zero-order chi connectivity index (χ0) is 15.6. The molecule has 21 heavy (non-hydrogen) atoms. The molecule has 0 heterocycles. The highest BCUT2D eigenvalue weighted by Crippen LogP contribution is 2.33. The van der Waals surface area contributed by atoms with Crippen molar-refractivity contribution in [2.24, 2.45) is 0 Å². The molecule has 0 N–H and O–H groups in total. The largest absolute Gasteiger partial charge is 0.489 e. The van der Waals surface area contributed by atoms with Gasteiger partial charge in [0.2, 0.25) is 0 Å². The second-order valence-corrected chi connectivity index (χ2v) is 7.04. The monoisotopic (exact) mass is 350 g/mol. The lowest BCUT2D eigenvalue weighted by atomic mass is 9.86. The van der Waals surface area contributed by atoms with Crippen molar-refractivity contribution < 1.29 is 9.13 Å². The first kappa shape index (κ1) is 16.0. The minimum Gasteiger partial charge on any atom is -0.489 e. The SMILES string of the molecule is Cc1ccc(C(C)(C)C)c(OCc2cccc(F)c2Br)c1. The molecular formula is C18H20BrFO. The van der Waals surface area contributed by atoms with Gasteiger partial charge >= 0.3 is 0 Å². The fourth-order valence-corrected chi connectivity index (χ4v) is 2.56. The van der Waals surface area contributed by atoms with Gasteiger partial charge in [0.1, 0.15) is 18.2 Å². The molecule has 0 saturated heterocycles. The Morgan fingerprint density at radius 2 is 1.86 bits per heavy atom. The lowest BCUT2D eigenvalue weighted by molar-refractivity contribution is 0.296. The van der Waals surface area contributed by atoms with E-state index in [2.05, 4.69) is 48.8 Å². The molecule has 0 aliphatic heterocycles. The van der Waals surface area contributed by atoms with E-state index in [0.717, 1.165) is 22.4 Å². The molecule has 0 aromatic heterocycles. The predicted octanol–water partition coefficient (Wildman–Crippen LogP) is 5.77. The highest BCUT2D eigenvalue weighted by molar-refractivity contribution is 9.10. The van der Waals surface area contributed by atoms with Crippen LogP contribution in [0, 0.1) is 12.7 Å². The Morgan fingerprint density at radius 3 is 2.52 bits per heavy atom. The molecule has 0 bridgehead atoms. The van der Waals surface area contributed by atoms with Crippen LogP contribution < -0.4 is 4.74 Å². The van der Waals surface area contributed by atoms with Crippen molar-refractivity contribution in [1.29, 1.82) is 0 Å². The highest BCUT2D eigenvalue weighted by atomic mass is 79.9. The van der Waals surface area contributed by atoms with Crippen LogP contribution in [0.3, 0.4) is 0 Å². The quantitative estimate of drug-likeness (QED) is 0.682. The number of aryl methyl sites for hydroxylation is 1. The summed E-state index contributed by atoms with van der Waals surface area (Å²) in [6, 6.07) is 11.2. The molecule has 0 radical (unpaired) electrons. The van der Waals surface area contributed by atoms with Crippen molar-refractivity contribution in [2.45, 2.75) is 39.7 Å². The lowest BCUT2D eigenvalue weighted by Crippen LogP contribution is -2.13. The van der Waals surface area contributed by atoms with Crippen molar-refractivity contribution in [3.63, 3.8) is 0 Å².